The lowest BCUT2D eigenvalue weighted by molar-refractivity contribution is -0.137. The van der Waals surface area contributed by atoms with Crippen LogP contribution < -0.4 is 0 Å². The molecule has 0 aromatic heterocycles. The van der Waals surface area contributed by atoms with Gasteiger partial charge in [-0.05, 0) is 45.2 Å². The summed E-state index contributed by atoms with van der Waals surface area (Å²) in [6, 6.07) is -0.283. The van der Waals surface area contributed by atoms with Crippen LogP contribution in [0.1, 0.15) is 33.1 Å². The van der Waals surface area contributed by atoms with E-state index in [0.29, 0.717) is 6.42 Å². The summed E-state index contributed by atoms with van der Waals surface area (Å²) in [7, 11) is -1.19. The van der Waals surface area contributed by atoms with Gasteiger partial charge >= 0.3 is 0 Å². The molecule has 0 saturated carbocycles. The smallest absolute Gasteiger partial charge is 0.239 e. The topological polar surface area (TPSA) is 57.7 Å². The molecule has 0 aromatic carbocycles. The van der Waals surface area contributed by atoms with Gasteiger partial charge in [-0.15, -0.1) is 0 Å². The molecule has 2 atom stereocenters. The molecule has 20 heavy (non-hydrogen) atoms. The standard InChI is InChI=1S/C14H26N2O3S/c1-11-4-7-16(8-5-11)12(2)14(17)15(3)13-6-9-20(18,19)10-13/h11-13H,4-10H2,1-3H3. The van der Waals surface area contributed by atoms with Crippen molar-refractivity contribution in [3.05, 3.63) is 0 Å². The van der Waals surface area contributed by atoms with Crippen molar-refractivity contribution < 1.29 is 13.2 Å². The first-order chi connectivity index (χ1) is 9.30. The number of hydrogen-bond acceptors (Lipinski definition) is 4. The molecule has 2 fully saturated rings. The van der Waals surface area contributed by atoms with Gasteiger partial charge in [0.1, 0.15) is 0 Å². The van der Waals surface area contributed by atoms with Crippen LogP contribution in [-0.2, 0) is 14.6 Å². The van der Waals surface area contributed by atoms with E-state index in [4.69, 9.17) is 0 Å². The van der Waals surface area contributed by atoms with Crippen molar-refractivity contribution in [1.82, 2.24) is 9.80 Å². The Morgan fingerprint density at radius 2 is 1.85 bits per heavy atom. The van der Waals surface area contributed by atoms with E-state index in [9.17, 15) is 13.2 Å². The molecule has 0 radical (unpaired) electrons. The molecule has 2 heterocycles. The molecule has 0 aliphatic carbocycles. The van der Waals surface area contributed by atoms with Crippen LogP contribution in [0.15, 0.2) is 0 Å². The van der Waals surface area contributed by atoms with Gasteiger partial charge in [0.25, 0.3) is 0 Å². The Kier molecular flexibility index (Phi) is 4.74. The Balaban J connectivity index is 1.93. The third-order valence-corrected chi connectivity index (χ3v) is 6.58. The van der Waals surface area contributed by atoms with Crippen LogP contribution in [0.5, 0.6) is 0 Å². The van der Waals surface area contributed by atoms with Crippen LogP contribution >= 0.6 is 0 Å². The third kappa shape index (κ3) is 3.52. The Morgan fingerprint density at radius 3 is 2.35 bits per heavy atom. The highest BCUT2D eigenvalue weighted by atomic mass is 32.2. The van der Waals surface area contributed by atoms with E-state index in [0.717, 1.165) is 31.8 Å². The van der Waals surface area contributed by atoms with E-state index in [-0.39, 0.29) is 29.5 Å². The fraction of sp³-hybridized carbons (Fsp3) is 0.929. The molecule has 2 unspecified atom stereocenters. The second-order valence-electron chi connectivity index (χ2n) is 6.40. The summed E-state index contributed by atoms with van der Waals surface area (Å²) in [5.41, 5.74) is 0. The van der Waals surface area contributed by atoms with Crippen molar-refractivity contribution in [2.24, 2.45) is 5.92 Å². The number of nitrogens with zero attached hydrogens (tertiary/aromatic N) is 2. The second-order valence-corrected chi connectivity index (χ2v) is 8.63. The normalized spacial score (nSPS) is 29.2. The number of amides is 1. The summed E-state index contributed by atoms with van der Waals surface area (Å²) in [5, 5.41) is 0. The molecule has 0 spiro atoms. The van der Waals surface area contributed by atoms with Crippen molar-refractivity contribution in [3.63, 3.8) is 0 Å². The van der Waals surface area contributed by atoms with Gasteiger partial charge in [0.2, 0.25) is 5.91 Å². The summed E-state index contributed by atoms with van der Waals surface area (Å²) >= 11 is 0. The zero-order chi connectivity index (χ0) is 14.9. The van der Waals surface area contributed by atoms with E-state index >= 15 is 0 Å². The molecule has 0 N–H and O–H groups in total. The monoisotopic (exact) mass is 302 g/mol. The average molecular weight is 302 g/mol. The van der Waals surface area contributed by atoms with Gasteiger partial charge in [0.15, 0.2) is 9.84 Å². The van der Waals surface area contributed by atoms with Gasteiger partial charge in [-0.25, -0.2) is 8.42 Å². The molecule has 0 bridgehead atoms. The lowest BCUT2D eigenvalue weighted by Gasteiger charge is -2.37. The molecule has 116 valence electrons. The molecule has 2 saturated heterocycles. The number of likely N-dealkylation sites (N-methyl/N-ethyl adjacent to an activating group) is 1. The highest BCUT2D eigenvalue weighted by Gasteiger charge is 2.35. The lowest BCUT2D eigenvalue weighted by Crippen LogP contribution is -2.51. The number of hydrogen-bond donors (Lipinski definition) is 0. The van der Waals surface area contributed by atoms with Crippen molar-refractivity contribution in [2.45, 2.75) is 45.2 Å². The van der Waals surface area contributed by atoms with Crippen LogP contribution in [0, 0.1) is 5.92 Å². The SMILES string of the molecule is CC1CCN(C(C)C(=O)N(C)C2CCS(=O)(=O)C2)CC1. The molecule has 5 nitrogen and oxygen atoms in total. The van der Waals surface area contributed by atoms with E-state index in [1.54, 1.807) is 11.9 Å². The largest absolute Gasteiger partial charge is 0.340 e. The molecule has 0 aromatic rings. The highest BCUT2D eigenvalue weighted by molar-refractivity contribution is 7.91. The summed E-state index contributed by atoms with van der Waals surface area (Å²) in [5.74, 6) is 1.14. The maximum absolute atomic E-state index is 12.5. The third-order valence-electron chi connectivity index (χ3n) is 4.83. The predicted molar refractivity (Wildman–Crippen MR) is 79.3 cm³/mol. The van der Waals surface area contributed by atoms with Gasteiger partial charge in [-0.1, -0.05) is 6.92 Å². The van der Waals surface area contributed by atoms with E-state index in [1.165, 1.54) is 0 Å². The first-order valence-electron chi connectivity index (χ1n) is 7.51. The summed E-state index contributed by atoms with van der Waals surface area (Å²) in [6.07, 6.45) is 2.85. The Hall–Kier alpha value is -0.620. The highest BCUT2D eigenvalue weighted by Crippen LogP contribution is 2.21. The molecular weight excluding hydrogens is 276 g/mol. The molecule has 2 aliphatic rings. The van der Waals surface area contributed by atoms with Crippen LogP contribution in [0.2, 0.25) is 0 Å². The van der Waals surface area contributed by atoms with E-state index < -0.39 is 9.84 Å². The Morgan fingerprint density at radius 1 is 1.25 bits per heavy atom. The zero-order valence-corrected chi connectivity index (χ0v) is 13.5. The van der Waals surface area contributed by atoms with Crippen LogP contribution in [-0.4, -0.2) is 67.9 Å². The summed E-state index contributed by atoms with van der Waals surface area (Å²) in [6.45, 7) is 6.12. The Bertz CT molecular complexity index is 455. The van der Waals surface area contributed by atoms with Crippen LogP contribution in [0.25, 0.3) is 0 Å². The minimum atomic E-state index is -2.94. The molecule has 6 heteroatoms. The number of likely N-dealkylation sites (tertiary alicyclic amines) is 1. The maximum Gasteiger partial charge on any atom is 0.239 e. The van der Waals surface area contributed by atoms with E-state index in [2.05, 4.69) is 11.8 Å². The van der Waals surface area contributed by atoms with E-state index in [1.807, 2.05) is 6.92 Å². The first kappa shape index (κ1) is 15.8. The molecule has 2 rings (SSSR count). The van der Waals surface area contributed by atoms with Crippen LogP contribution in [0.3, 0.4) is 0 Å². The number of rotatable bonds is 3. The molecular formula is C14H26N2O3S. The van der Waals surface area contributed by atoms with Gasteiger partial charge < -0.3 is 4.90 Å². The average Bonchev–Trinajstić information content (AvgIpc) is 2.77. The fourth-order valence-corrected chi connectivity index (χ4v) is 4.90. The van der Waals surface area contributed by atoms with Crippen molar-refractivity contribution in [3.8, 4) is 0 Å². The number of carbonyl (C=O) groups excluding carboxylic acids is 1. The number of sulfone groups is 1. The van der Waals surface area contributed by atoms with Crippen LogP contribution in [0.4, 0.5) is 0 Å². The zero-order valence-electron chi connectivity index (χ0n) is 12.7. The quantitative estimate of drug-likeness (QED) is 0.772. The fourth-order valence-electron chi connectivity index (χ4n) is 3.13. The van der Waals surface area contributed by atoms with Crippen molar-refractivity contribution in [2.75, 3.05) is 31.6 Å². The summed E-state index contributed by atoms with van der Waals surface area (Å²) < 4.78 is 23.1. The van der Waals surface area contributed by atoms with Crippen molar-refractivity contribution >= 4 is 15.7 Å². The maximum atomic E-state index is 12.5. The number of carbonyl (C=O) groups is 1. The predicted octanol–water partition coefficient (Wildman–Crippen LogP) is 0.752. The minimum Gasteiger partial charge on any atom is -0.340 e. The lowest BCUT2D eigenvalue weighted by atomic mass is 9.98. The summed E-state index contributed by atoms with van der Waals surface area (Å²) in [4.78, 5) is 16.4. The van der Waals surface area contributed by atoms with Gasteiger partial charge in [-0.3, -0.25) is 9.69 Å². The molecule has 2 aliphatic heterocycles. The van der Waals surface area contributed by atoms with Gasteiger partial charge in [0.05, 0.1) is 17.5 Å². The second kappa shape index (κ2) is 6.02. The first-order valence-corrected chi connectivity index (χ1v) is 9.33. The number of piperidine rings is 1. The van der Waals surface area contributed by atoms with Gasteiger partial charge in [-0.2, -0.15) is 0 Å². The molecule has 1 amide bonds. The van der Waals surface area contributed by atoms with Crippen molar-refractivity contribution in [1.29, 1.82) is 0 Å². The Labute approximate surface area is 122 Å². The minimum absolute atomic E-state index is 0.0571. The van der Waals surface area contributed by atoms with Gasteiger partial charge in [0, 0.05) is 13.1 Å².